The molecule has 0 aromatic heterocycles. The van der Waals surface area contributed by atoms with Crippen molar-refractivity contribution in [3.63, 3.8) is 0 Å². The zero-order valence-corrected chi connectivity index (χ0v) is 10.0. The summed E-state index contributed by atoms with van der Waals surface area (Å²) in [5, 5.41) is 3.61. The predicted molar refractivity (Wildman–Crippen MR) is 62.1 cm³/mol. The SMILES string of the molecule is CCOC(C)CNC1CCN(C2CC2)C1. The van der Waals surface area contributed by atoms with Crippen molar-refractivity contribution in [2.75, 3.05) is 26.2 Å². The number of hydrogen-bond acceptors (Lipinski definition) is 3. The molecule has 2 rings (SSSR count). The third-order valence-corrected chi connectivity index (χ3v) is 3.43. The van der Waals surface area contributed by atoms with Gasteiger partial charge in [0.1, 0.15) is 0 Å². The van der Waals surface area contributed by atoms with E-state index in [1.165, 1.54) is 32.4 Å². The van der Waals surface area contributed by atoms with E-state index < -0.39 is 0 Å². The van der Waals surface area contributed by atoms with E-state index in [4.69, 9.17) is 4.74 Å². The minimum Gasteiger partial charge on any atom is -0.377 e. The van der Waals surface area contributed by atoms with Crippen molar-refractivity contribution in [1.82, 2.24) is 10.2 Å². The van der Waals surface area contributed by atoms with E-state index in [9.17, 15) is 0 Å². The lowest BCUT2D eigenvalue weighted by Crippen LogP contribution is -2.37. The van der Waals surface area contributed by atoms with Crippen LogP contribution < -0.4 is 5.32 Å². The van der Waals surface area contributed by atoms with Crippen LogP contribution in [0.25, 0.3) is 0 Å². The molecule has 2 aliphatic rings. The lowest BCUT2D eigenvalue weighted by atomic mass is 10.2. The average molecular weight is 212 g/mol. The second kappa shape index (κ2) is 5.28. The van der Waals surface area contributed by atoms with E-state index in [1.54, 1.807) is 0 Å². The van der Waals surface area contributed by atoms with E-state index in [1.807, 2.05) is 0 Å². The molecule has 1 aliphatic carbocycles. The van der Waals surface area contributed by atoms with Crippen molar-refractivity contribution in [2.45, 2.75) is 51.3 Å². The van der Waals surface area contributed by atoms with Gasteiger partial charge in [0.25, 0.3) is 0 Å². The van der Waals surface area contributed by atoms with Crippen LogP contribution in [0.2, 0.25) is 0 Å². The Morgan fingerprint density at radius 1 is 1.40 bits per heavy atom. The summed E-state index contributed by atoms with van der Waals surface area (Å²) in [5.41, 5.74) is 0. The molecule has 88 valence electrons. The Hall–Kier alpha value is -0.120. The molecule has 2 fully saturated rings. The van der Waals surface area contributed by atoms with Crippen molar-refractivity contribution in [1.29, 1.82) is 0 Å². The molecule has 15 heavy (non-hydrogen) atoms. The molecule has 0 radical (unpaired) electrons. The van der Waals surface area contributed by atoms with Gasteiger partial charge >= 0.3 is 0 Å². The van der Waals surface area contributed by atoms with Gasteiger partial charge in [0.2, 0.25) is 0 Å². The summed E-state index contributed by atoms with van der Waals surface area (Å²) < 4.78 is 5.51. The highest BCUT2D eigenvalue weighted by molar-refractivity contribution is 4.91. The number of likely N-dealkylation sites (tertiary alicyclic amines) is 1. The molecule has 0 bridgehead atoms. The Morgan fingerprint density at radius 3 is 2.87 bits per heavy atom. The third kappa shape index (κ3) is 3.44. The molecule has 0 aromatic carbocycles. The fraction of sp³-hybridized carbons (Fsp3) is 1.00. The van der Waals surface area contributed by atoms with Gasteiger partial charge in [-0.3, -0.25) is 4.90 Å². The Balaban J connectivity index is 1.59. The van der Waals surface area contributed by atoms with Crippen LogP contribution in [-0.4, -0.2) is 49.3 Å². The Bertz CT molecular complexity index is 194. The summed E-state index contributed by atoms with van der Waals surface area (Å²) in [6.45, 7) is 8.57. The maximum atomic E-state index is 5.51. The van der Waals surface area contributed by atoms with E-state index in [2.05, 4.69) is 24.1 Å². The summed E-state index contributed by atoms with van der Waals surface area (Å²) in [7, 11) is 0. The van der Waals surface area contributed by atoms with E-state index in [-0.39, 0.29) is 0 Å². The smallest absolute Gasteiger partial charge is 0.0671 e. The Labute approximate surface area is 93.2 Å². The van der Waals surface area contributed by atoms with Crippen LogP contribution in [0.5, 0.6) is 0 Å². The van der Waals surface area contributed by atoms with Gasteiger partial charge in [0.15, 0.2) is 0 Å². The fourth-order valence-corrected chi connectivity index (χ4v) is 2.40. The molecule has 1 N–H and O–H groups in total. The summed E-state index contributed by atoms with van der Waals surface area (Å²) in [5.74, 6) is 0. The van der Waals surface area contributed by atoms with Gasteiger partial charge in [-0.15, -0.1) is 0 Å². The van der Waals surface area contributed by atoms with Gasteiger partial charge < -0.3 is 10.1 Å². The van der Waals surface area contributed by atoms with Crippen LogP contribution in [0.15, 0.2) is 0 Å². The van der Waals surface area contributed by atoms with Gasteiger partial charge in [-0.25, -0.2) is 0 Å². The zero-order chi connectivity index (χ0) is 10.7. The van der Waals surface area contributed by atoms with Crippen molar-refractivity contribution >= 4 is 0 Å². The third-order valence-electron chi connectivity index (χ3n) is 3.43. The monoisotopic (exact) mass is 212 g/mol. The summed E-state index contributed by atoms with van der Waals surface area (Å²) in [4.78, 5) is 2.64. The quantitative estimate of drug-likeness (QED) is 0.717. The van der Waals surface area contributed by atoms with Crippen LogP contribution in [0.1, 0.15) is 33.1 Å². The summed E-state index contributed by atoms with van der Waals surface area (Å²) in [6.07, 6.45) is 4.53. The molecule has 1 aliphatic heterocycles. The maximum absolute atomic E-state index is 5.51. The lowest BCUT2D eigenvalue weighted by Gasteiger charge is -2.18. The molecule has 1 heterocycles. The first-order valence-electron chi connectivity index (χ1n) is 6.38. The highest BCUT2D eigenvalue weighted by Crippen LogP contribution is 2.29. The van der Waals surface area contributed by atoms with Gasteiger partial charge in [-0.1, -0.05) is 0 Å². The number of hydrogen-bond donors (Lipinski definition) is 1. The first kappa shape index (κ1) is 11.4. The van der Waals surface area contributed by atoms with Crippen LogP contribution >= 0.6 is 0 Å². The lowest BCUT2D eigenvalue weighted by molar-refractivity contribution is 0.0741. The van der Waals surface area contributed by atoms with Crippen LogP contribution in [0.3, 0.4) is 0 Å². The summed E-state index contributed by atoms with van der Waals surface area (Å²) >= 11 is 0. The van der Waals surface area contributed by atoms with Gasteiger partial charge in [0, 0.05) is 38.3 Å². The van der Waals surface area contributed by atoms with Crippen LogP contribution in [0.4, 0.5) is 0 Å². The normalized spacial score (nSPS) is 29.6. The zero-order valence-electron chi connectivity index (χ0n) is 10.0. The topological polar surface area (TPSA) is 24.5 Å². The molecule has 0 amide bonds. The Morgan fingerprint density at radius 2 is 2.20 bits per heavy atom. The summed E-state index contributed by atoms with van der Waals surface area (Å²) in [6, 6.07) is 1.63. The van der Waals surface area contributed by atoms with Crippen molar-refractivity contribution in [3.05, 3.63) is 0 Å². The first-order chi connectivity index (χ1) is 7.29. The largest absolute Gasteiger partial charge is 0.377 e. The standard InChI is InChI=1S/C12H24N2O/c1-3-15-10(2)8-13-11-6-7-14(9-11)12-4-5-12/h10-13H,3-9H2,1-2H3. The first-order valence-corrected chi connectivity index (χ1v) is 6.38. The maximum Gasteiger partial charge on any atom is 0.0671 e. The minimum atomic E-state index is 0.352. The van der Waals surface area contributed by atoms with Crippen molar-refractivity contribution in [2.24, 2.45) is 0 Å². The van der Waals surface area contributed by atoms with E-state index >= 15 is 0 Å². The predicted octanol–water partition coefficient (Wildman–Crippen LogP) is 1.24. The van der Waals surface area contributed by atoms with Gasteiger partial charge in [0.05, 0.1) is 6.10 Å². The second-order valence-electron chi connectivity index (χ2n) is 4.89. The molecular weight excluding hydrogens is 188 g/mol. The average Bonchev–Trinajstić information content (AvgIpc) is 2.96. The van der Waals surface area contributed by atoms with Crippen molar-refractivity contribution in [3.8, 4) is 0 Å². The molecule has 0 spiro atoms. The minimum absolute atomic E-state index is 0.352. The van der Waals surface area contributed by atoms with Gasteiger partial charge in [-0.05, 0) is 33.1 Å². The van der Waals surface area contributed by atoms with Gasteiger partial charge in [-0.2, -0.15) is 0 Å². The van der Waals surface area contributed by atoms with E-state index in [0.717, 1.165) is 19.2 Å². The molecular formula is C12H24N2O. The molecule has 3 heteroatoms. The number of rotatable bonds is 6. The fourth-order valence-electron chi connectivity index (χ4n) is 2.40. The second-order valence-corrected chi connectivity index (χ2v) is 4.89. The highest BCUT2D eigenvalue weighted by Gasteiger charge is 2.34. The van der Waals surface area contributed by atoms with Crippen LogP contribution in [0, 0.1) is 0 Å². The molecule has 1 saturated carbocycles. The Kier molecular flexibility index (Phi) is 4.00. The highest BCUT2D eigenvalue weighted by atomic mass is 16.5. The van der Waals surface area contributed by atoms with Crippen LogP contribution in [-0.2, 0) is 4.74 Å². The molecule has 2 atom stereocenters. The molecule has 2 unspecified atom stereocenters. The number of nitrogens with one attached hydrogen (secondary N) is 1. The number of nitrogens with zero attached hydrogens (tertiary/aromatic N) is 1. The molecule has 1 saturated heterocycles. The molecule has 0 aromatic rings. The van der Waals surface area contributed by atoms with Crippen molar-refractivity contribution < 1.29 is 4.74 Å². The van der Waals surface area contributed by atoms with E-state index in [0.29, 0.717) is 12.1 Å². The number of ether oxygens (including phenoxy) is 1. The molecule has 3 nitrogen and oxygen atoms in total.